The maximum Gasteiger partial charge on any atom is 0.179 e. The van der Waals surface area contributed by atoms with Gasteiger partial charge in [-0.15, -0.1) is 0 Å². The van der Waals surface area contributed by atoms with Crippen LogP contribution in [0.25, 0.3) is 0 Å². The molecule has 0 spiro atoms. The summed E-state index contributed by atoms with van der Waals surface area (Å²) in [5.74, 6) is 1.93. The van der Waals surface area contributed by atoms with Crippen molar-refractivity contribution in [3.8, 4) is 0 Å². The van der Waals surface area contributed by atoms with E-state index in [0.717, 1.165) is 5.82 Å². The molecule has 0 amide bonds. The summed E-state index contributed by atoms with van der Waals surface area (Å²) in [5.41, 5.74) is 5.39. The zero-order valence-electron chi connectivity index (χ0n) is 9.52. The first kappa shape index (κ1) is 11.5. The van der Waals surface area contributed by atoms with Crippen molar-refractivity contribution in [2.24, 2.45) is 5.73 Å². The summed E-state index contributed by atoms with van der Waals surface area (Å²) < 4.78 is 0. The Morgan fingerprint density at radius 3 is 2.81 bits per heavy atom. The van der Waals surface area contributed by atoms with E-state index in [1.165, 1.54) is 32.1 Å². The van der Waals surface area contributed by atoms with E-state index in [1.807, 2.05) is 0 Å². The van der Waals surface area contributed by atoms with E-state index in [4.69, 9.17) is 5.73 Å². The van der Waals surface area contributed by atoms with E-state index >= 15 is 0 Å². The highest BCUT2D eigenvalue weighted by atomic mass is 16.3. The van der Waals surface area contributed by atoms with Crippen LogP contribution in [0.3, 0.4) is 0 Å². The lowest BCUT2D eigenvalue weighted by atomic mass is 9.89. The Morgan fingerprint density at radius 1 is 1.38 bits per heavy atom. The summed E-state index contributed by atoms with van der Waals surface area (Å²) in [6, 6.07) is 0. The van der Waals surface area contributed by atoms with Crippen LogP contribution in [-0.2, 0) is 0 Å². The summed E-state index contributed by atoms with van der Waals surface area (Å²) in [7, 11) is 0. The quantitative estimate of drug-likeness (QED) is 0.718. The molecule has 0 radical (unpaired) electrons. The van der Waals surface area contributed by atoms with Gasteiger partial charge in [-0.3, -0.25) is 5.10 Å². The Bertz CT molecular complexity index is 320. The van der Waals surface area contributed by atoms with E-state index in [-0.39, 0.29) is 0 Å². The first-order valence-electron chi connectivity index (χ1n) is 6.11. The number of aromatic amines is 1. The molecule has 1 atom stereocenters. The summed E-state index contributed by atoms with van der Waals surface area (Å²) in [4.78, 5) is 4.38. The Hall–Kier alpha value is -0.940. The largest absolute Gasteiger partial charge is 0.385 e. The van der Waals surface area contributed by atoms with E-state index in [9.17, 15) is 5.11 Å². The van der Waals surface area contributed by atoms with Crippen LogP contribution in [0.15, 0.2) is 0 Å². The molecule has 1 aliphatic carbocycles. The lowest BCUT2D eigenvalue weighted by molar-refractivity contribution is 0.160. The SMILES string of the molecule is NCCC(O)c1n[nH]c(C2CCCCC2)n1. The van der Waals surface area contributed by atoms with Gasteiger partial charge in [-0.05, 0) is 25.8 Å². The van der Waals surface area contributed by atoms with E-state index in [1.54, 1.807) is 0 Å². The van der Waals surface area contributed by atoms with Crippen LogP contribution in [0.4, 0.5) is 0 Å². The molecule has 5 heteroatoms. The third-order valence-corrected chi connectivity index (χ3v) is 3.25. The van der Waals surface area contributed by atoms with Crippen LogP contribution in [0.5, 0.6) is 0 Å². The summed E-state index contributed by atoms with van der Waals surface area (Å²) in [5, 5.41) is 16.7. The van der Waals surface area contributed by atoms with Gasteiger partial charge >= 0.3 is 0 Å². The van der Waals surface area contributed by atoms with Crippen molar-refractivity contribution in [1.82, 2.24) is 15.2 Å². The number of nitrogens with two attached hydrogens (primary N) is 1. The number of aliphatic hydroxyl groups is 1. The van der Waals surface area contributed by atoms with Crippen LogP contribution in [0.2, 0.25) is 0 Å². The van der Waals surface area contributed by atoms with Crippen LogP contribution in [0.1, 0.15) is 62.2 Å². The van der Waals surface area contributed by atoms with Crippen molar-refractivity contribution in [3.05, 3.63) is 11.6 Å². The maximum absolute atomic E-state index is 9.71. The Morgan fingerprint density at radius 2 is 2.12 bits per heavy atom. The molecule has 0 saturated heterocycles. The number of aliphatic hydroxyl groups excluding tert-OH is 1. The Kier molecular flexibility index (Phi) is 3.90. The molecule has 0 aliphatic heterocycles. The number of nitrogens with zero attached hydrogens (tertiary/aromatic N) is 2. The van der Waals surface area contributed by atoms with E-state index in [0.29, 0.717) is 24.7 Å². The average molecular weight is 224 g/mol. The molecular weight excluding hydrogens is 204 g/mol. The van der Waals surface area contributed by atoms with Crippen LogP contribution in [-0.4, -0.2) is 26.8 Å². The molecular formula is C11H20N4O. The number of H-pyrrole nitrogens is 1. The molecule has 0 aromatic carbocycles. The fraction of sp³-hybridized carbons (Fsp3) is 0.818. The highest BCUT2D eigenvalue weighted by molar-refractivity contribution is 5.00. The van der Waals surface area contributed by atoms with Crippen LogP contribution in [0, 0.1) is 0 Å². The van der Waals surface area contributed by atoms with Gasteiger partial charge in [-0.1, -0.05) is 19.3 Å². The number of aromatic nitrogens is 3. The zero-order chi connectivity index (χ0) is 11.4. The first-order chi connectivity index (χ1) is 7.81. The molecule has 1 aliphatic rings. The van der Waals surface area contributed by atoms with Crippen LogP contribution < -0.4 is 5.73 Å². The average Bonchev–Trinajstić information content (AvgIpc) is 2.80. The zero-order valence-corrected chi connectivity index (χ0v) is 9.52. The third-order valence-electron chi connectivity index (χ3n) is 3.25. The predicted molar refractivity (Wildman–Crippen MR) is 60.8 cm³/mol. The van der Waals surface area contributed by atoms with Gasteiger partial charge in [0.25, 0.3) is 0 Å². The van der Waals surface area contributed by atoms with E-state index in [2.05, 4.69) is 15.2 Å². The molecule has 1 aromatic heterocycles. The Labute approximate surface area is 95.5 Å². The number of nitrogens with one attached hydrogen (secondary N) is 1. The second kappa shape index (κ2) is 5.41. The minimum Gasteiger partial charge on any atom is -0.385 e. The van der Waals surface area contributed by atoms with Gasteiger partial charge in [0.15, 0.2) is 5.82 Å². The van der Waals surface area contributed by atoms with E-state index < -0.39 is 6.10 Å². The van der Waals surface area contributed by atoms with Crippen molar-refractivity contribution in [3.63, 3.8) is 0 Å². The first-order valence-corrected chi connectivity index (χ1v) is 6.11. The highest BCUT2D eigenvalue weighted by Gasteiger charge is 2.20. The normalized spacial score (nSPS) is 19.9. The molecule has 90 valence electrons. The molecule has 4 N–H and O–H groups in total. The van der Waals surface area contributed by atoms with Crippen molar-refractivity contribution in [2.45, 2.75) is 50.5 Å². The fourth-order valence-corrected chi connectivity index (χ4v) is 2.28. The monoisotopic (exact) mass is 224 g/mol. The molecule has 0 bridgehead atoms. The smallest absolute Gasteiger partial charge is 0.179 e. The van der Waals surface area contributed by atoms with Gasteiger partial charge in [-0.2, -0.15) is 5.10 Å². The maximum atomic E-state index is 9.71. The second-order valence-electron chi connectivity index (χ2n) is 4.51. The molecule has 1 aromatic rings. The van der Waals surface area contributed by atoms with Gasteiger partial charge in [-0.25, -0.2) is 4.98 Å². The molecule has 16 heavy (non-hydrogen) atoms. The predicted octanol–water partition coefficient (Wildman–Crippen LogP) is 1.23. The number of hydrogen-bond donors (Lipinski definition) is 3. The summed E-state index contributed by atoms with van der Waals surface area (Å²) in [6.45, 7) is 0.453. The molecule has 1 heterocycles. The van der Waals surface area contributed by atoms with Gasteiger partial charge in [0.05, 0.1) is 0 Å². The van der Waals surface area contributed by atoms with Gasteiger partial charge in [0, 0.05) is 5.92 Å². The highest BCUT2D eigenvalue weighted by Crippen LogP contribution is 2.30. The third kappa shape index (κ3) is 2.59. The van der Waals surface area contributed by atoms with Gasteiger partial charge < -0.3 is 10.8 Å². The molecule has 1 fully saturated rings. The van der Waals surface area contributed by atoms with Gasteiger partial charge in [0.2, 0.25) is 0 Å². The van der Waals surface area contributed by atoms with Gasteiger partial charge in [0.1, 0.15) is 11.9 Å². The summed E-state index contributed by atoms with van der Waals surface area (Å²) >= 11 is 0. The summed E-state index contributed by atoms with van der Waals surface area (Å²) in [6.07, 6.45) is 6.12. The molecule has 2 rings (SSSR count). The van der Waals surface area contributed by atoms with Crippen molar-refractivity contribution in [2.75, 3.05) is 6.54 Å². The topological polar surface area (TPSA) is 87.8 Å². The van der Waals surface area contributed by atoms with Crippen LogP contribution >= 0.6 is 0 Å². The van der Waals surface area contributed by atoms with Crippen molar-refractivity contribution < 1.29 is 5.11 Å². The molecule has 1 saturated carbocycles. The standard InChI is InChI=1S/C11H20N4O/c12-7-6-9(16)11-13-10(14-15-11)8-4-2-1-3-5-8/h8-9,16H,1-7,12H2,(H,13,14,15). The lowest BCUT2D eigenvalue weighted by Crippen LogP contribution is -2.09. The van der Waals surface area contributed by atoms with Crippen molar-refractivity contribution in [1.29, 1.82) is 0 Å². The molecule has 5 nitrogen and oxygen atoms in total. The molecule has 1 unspecified atom stereocenters. The second-order valence-corrected chi connectivity index (χ2v) is 4.51. The lowest BCUT2D eigenvalue weighted by Gasteiger charge is -2.18. The van der Waals surface area contributed by atoms with Crippen molar-refractivity contribution >= 4 is 0 Å². The number of hydrogen-bond acceptors (Lipinski definition) is 4. The fourth-order valence-electron chi connectivity index (χ4n) is 2.28. The minimum atomic E-state index is -0.626. The number of rotatable bonds is 4. The minimum absolute atomic E-state index is 0.453. The Balaban J connectivity index is 2.00.